The Hall–Kier alpha value is -1.82. The number of rotatable bonds is 6. The van der Waals surface area contributed by atoms with Crippen LogP contribution in [0.15, 0.2) is 35.1 Å². The maximum Gasteiger partial charge on any atom is 0.242 e. The molecule has 112 valence electrons. The van der Waals surface area contributed by atoms with Crippen molar-refractivity contribution in [1.29, 1.82) is 0 Å². The number of nitrogens with two attached hydrogens (primary N) is 1. The van der Waals surface area contributed by atoms with Crippen molar-refractivity contribution in [2.24, 2.45) is 0 Å². The van der Waals surface area contributed by atoms with E-state index in [4.69, 9.17) is 10.5 Å². The van der Waals surface area contributed by atoms with E-state index in [1.54, 1.807) is 0 Å². The van der Waals surface area contributed by atoms with Gasteiger partial charge in [0.25, 0.3) is 0 Å². The Morgan fingerprint density at radius 1 is 1.29 bits per heavy atom. The number of nitrogen functional groups attached to an aromatic ring is 1. The number of halogens is 1. The highest BCUT2D eigenvalue weighted by Crippen LogP contribution is 2.28. The summed E-state index contributed by atoms with van der Waals surface area (Å²) in [5.41, 5.74) is 7.64. The zero-order valence-corrected chi connectivity index (χ0v) is 13.7. The van der Waals surface area contributed by atoms with E-state index in [0.29, 0.717) is 24.0 Å². The SMILES string of the molecule is CCCOc1ncnc(NC(C)c2ccc(Br)cc2)c1N. The Kier molecular flexibility index (Phi) is 5.38. The molecule has 0 amide bonds. The van der Waals surface area contributed by atoms with Crippen molar-refractivity contribution in [3.63, 3.8) is 0 Å². The van der Waals surface area contributed by atoms with Gasteiger partial charge in [-0.1, -0.05) is 35.0 Å². The molecule has 0 bridgehead atoms. The number of aromatic nitrogens is 2. The topological polar surface area (TPSA) is 73.1 Å². The molecule has 6 heteroatoms. The van der Waals surface area contributed by atoms with Gasteiger partial charge in [-0.3, -0.25) is 0 Å². The third-order valence-corrected chi connectivity index (χ3v) is 3.54. The van der Waals surface area contributed by atoms with Gasteiger partial charge in [0.1, 0.15) is 12.0 Å². The lowest BCUT2D eigenvalue weighted by Crippen LogP contribution is -2.11. The minimum atomic E-state index is 0.0781. The smallest absolute Gasteiger partial charge is 0.242 e. The normalized spacial score (nSPS) is 12.0. The maximum absolute atomic E-state index is 6.05. The van der Waals surface area contributed by atoms with Crippen LogP contribution in [-0.4, -0.2) is 16.6 Å². The number of hydrogen-bond acceptors (Lipinski definition) is 5. The summed E-state index contributed by atoms with van der Waals surface area (Å²) < 4.78 is 6.56. The molecule has 0 aliphatic heterocycles. The van der Waals surface area contributed by atoms with Crippen molar-refractivity contribution >= 4 is 27.4 Å². The fourth-order valence-electron chi connectivity index (χ4n) is 1.85. The number of ether oxygens (including phenoxy) is 1. The van der Waals surface area contributed by atoms with E-state index in [9.17, 15) is 0 Å². The largest absolute Gasteiger partial charge is 0.476 e. The second-order valence-corrected chi connectivity index (χ2v) is 5.62. The highest BCUT2D eigenvalue weighted by Gasteiger charge is 2.12. The lowest BCUT2D eigenvalue weighted by Gasteiger charge is -2.17. The highest BCUT2D eigenvalue weighted by molar-refractivity contribution is 9.10. The summed E-state index contributed by atoms with van der Waals surface area (Å²) in [6.45, 7) is 4.67. The lowest BCUT2D eigenvalue weighted by molar-refractivity contribution is 0.306. The Morgan fingerprint density at radius 2 is 2.00 bits per heavy atom. The fraction of sp³-hybridized carbons (Fsp3) is 0.333. The zero-order chi connectivity index (χ0) is 15.2. The molecule has 3 N–H and O–H groups in total. The van der Waals surface area contributed by atoms with Gasteiger partial charge in [-0.15, -0.1) is 0 Å². The molecule has 1 aromatic heterocycles. The highest BCUT2D eigenvalue weighted by atomic mass is 79.9. The molecule has 0 spiro atoms. The van der Waals surface area contributed by atoms with Crippen LogP contribution in [0.5, 0.6) is 5.88 Å². The standard InChI is InChI=1S/C15H19BrN4O/c1-3-8-21-15-13(17)14(18-9-19-15)20-10(2)11-4-6-12(16)7-5-11/h4-7,9-10H,3,8,17H2,1-2H3,(H,18,19,20). The second-order valence-electron chi connectivity index (χ2n) is 4.71. The summed E-state index contributed by atoms with van der Waals surface area (Å²) in [5, 5.41) is 3.29. The monoisotopic (exact) mass is 350 g/mol. The van der Waals surface area contributed by atoms with E-state index >= 15 is 0 Å². The van der Waals surface area contributed by atoms with Gasteiger partial charge in [-0.05, 0) is 31.0 Å². The minimum Gasteiger partial charge on any atom is -0.476 e. The molecule has 0 saturated heterocycles. The van der Waals surface area contributed by atoms with Gasteiger partial charge in [0.05, 0.1) is 12.6 Å². The van der Waals surface area contributed by atoms with E-state index in [1.165, 1.54) is 6.33 Å². The molecule has 1 unspecified atom stereocenters. The predicted octanol–water partition coefficient (Wildman–Crippen LogP) is 3.78. The number of anilines is 2. The summed E-state index contributed by atoms with van der Waals surface area (Å²) in [6, 6.07) is 8.19. The fourth-order valence-corrected chi connectivity index (χ4v) is 2.11. The molecule has 2 rings (SSSR count). The molecule has 1 aromatic carbocycles. The van der Waals surface area contributed by atoms with Crippen LogP contribution in [-0.2, 0) is 0 Å². The molecule has 5 nitrogen and oxygen atoms in total. The predicted molar refractivity (Wildman–Crippen MR) is 88.4 cm³/mol. The van der Waals surface area contributed by atoms with Crippen LogP contribution in [0.3, 0.4) is 0 Å². The van der Waals surface area contributed by atoms with Gasteiger partial charge >= 0.3 is 0 Å². The second kappa shape index (κ2) is 7.26. The molecule has 0 saturated carbocycles. The van der Waals surface area contributed by atoms with E-state index in [0.717, 1.165) is 16.5 Å². The average Bonchev–Trinajstić information content (AvgIpc) is 2.49. The molecule has 2 aromatic rings. The van der Waals surface area contributed by atoms with Gasteiger partial charge in [0.2, 0.25) is 5.88 Å². The van der Waals surface area contributed by atoms with E-state index in [1.807, 2.05) is 31.2 Å². The van der Waals surface area contributed by atoms with Crippen molar-refractivity contribution in [2.45, 2.75) is 26.3 Å². The van der Waals surface area contributed by atoms with Crippen molar-refractivity contribution in [3.05, 3.63) is 40.6 Å². The molecule has 0 aliphatic carbocycles. The van der Waals surface area contributed by atoms with Crippen LogP contribution in [0.1, 0.15) is 31.9 Å². The molecule has 1 heterocycles. The average molecular weight is 351 g/mol. The number of nitrogens with one attached hydrogen (secondary N) is 1. The van der Waals surface area contributed by atoms with Gasteiger partial charge in [-0.2, -0.15) is 4.98 Å². The Bertz CT molecular complexity index is 589. The van der Waals surface area contributed by atoms with Crippen LogP contribution in [0.25, 0.3) is 0 Å². The Morgan fingerprint density at radius 3 is 2.67 bits per heavy atom. The van der Waals surface area contributed by atoms with Gasteiger partial charge in [-0.25, -0.2) is 4.98 Å². The first-order valence-corrected chi connectivity index (χ1v) is 7.66. The van der Waals surface area contributed by atoms with E-state index in [-0.39, 0.29) is 6.04 Å². The molecular weight excluding hydrogens is 332 g/mol. The van der Waals surface area contributed by atoms with Crippen LogP contribution in [0.4, 0.5) is 11.5 Å². The van der Waals surface area contributed by atoms with Crippen molar-refractivity contribution in [3.8, 4) is 5.88 Å². The first-order valence-electron chi connectivity index (χ1n) is 6.87. The molecule has 1 atom stereocenters. The Balaban J connectivity index is 2.13. The summed E-state index contributed by atoms with van der Waals surface area (Å²) in [6.07, 6.45) is 2.36. The molecule has 0 radical (unpaired) electrons. The van der Waals surface area contributed by atoms with Crippen molar-refractivity contribution < 1.29 is 4.74 Å². The first kappa shape index (κ1) is 15.6. The summed E-state index contributed by atoms with van der Waals surface area (Å²) >= 11 is 3.43. The first-order chi connectivity index (χ1) is 10.1. The summed E-state index contributed by atoms with van der Waals surface area (Å²) in [5.74, 6) is 1.02. The van der Waals surface area contributed by atoms with E-state index < -0.39 is 0 Å². The van der Waals surface area contributed by atoms with E-state index in [2.05, 4.69) is 38.1 Å². The zero-order valence-electron chi connectivity index (χ0n) is 12.1. The minimum absolute atomic E-state index is 0.0781. The molecule has 0 fully saturated rings. The van der Waals surface area contributed by atoms with Gasteiger partial charge in [0, 0.05) is 4.47 Å². The van der Waals surface area contributed by atoms with Gasteiger partial charge < -0.3 is 15.8 Å². The quantitative estimate of drug-likeness (QED) is 0.829. The van der Waals surface area contributed by atoms with Crippen LogP contribution >= 0.6 is 15.9 Å². The summed E-state index contributed by atoms with van der Waals surface area (Å²) in [4.78, 5) is 8.26. The number of hydrogen-bond donors (Lipinski definition) is 2. The maximum atomic E-state index is 6.05. The van der Waals surface area contributed by atoms with Crippen LogP contribution < -0.4 is 15.8 Å². The third kappa shape index (κ3) is 4.07. The van der Waals surface area contributed by atoms with Crippen LogP contribution in [0, 0.1) is 0 Å². The van der Waals surface area contributed by atoms with Crippen LogP contribution in [0.2, 0.25) is 0 Å². The van der Waals surface area contributed by atoms with Gasteiger partial charge in [0.15, 0.2) is 5.82 Å². The lowest BCUT2D eigenvalue weighted by atomic mass is 10.1. The number of benzene rings is 1. The molecule has 21 heavy (non-hydrogen) atoms. The summed E-state index contributed by atoms with van der Waals surface area (Å²) in [7, 11) is 0. The third-order valence-electron chi connectivity index (χ3n) is 3.01. The van der Waals surface area contributed by atoms with Crippen molar-refractivity contribution in [2.75, 3.05) is 17.7 Å². The molecule has 0 aliphatic rings. The molecular formula is C15H19BrN4O. The number of nitrogens with zero attached hydrogens (tertiary/aromatic N) is 2. The Labute approximate surface area is 133 Å². The van der Waals surface area contributed by atoms with Crippen molar-refractivity contribution in [1.82, 2.24) is 9.97 Å².